The summed E-state index contributed by atoms with van der Waals surface area (Å²) >= 11 is 0. The first-order chi connectivity index (χ1) is 8.77. The van der Waals surface area contributed by atoms with Crippen molar-refractivity contribution in [2.45, 2.75) is 18.9 Å². The lowest BCUT2D eigenvalue weighted by molar-refractivity contribution is -0.122. The molecule has 4 nitrogen and oxygen atoms in total. The van der Waals surface area contributed by atoms with Crippen LogP contribution in [0.4, 0.5) is 4.39 Å². The van der Waals surface area contributed by atoms with Gasteiger partial charge in [0.25, 0.3) is 0 Å². The van der Waals surface area contributed by atoms with Crippen LogP contribution in [0.1, 0.15) is 12.8 Å². The predicted octanol–water partition coefficient (Wildman–Crippen LogP) is 1.07. The number of amides is 1. The second kappa shape index (κ2) is 6.35. The maximum Gasteiger partial charge on any atom is 0.237 e. The molecule has 2 rings (SSSR count). The van der Waals surface area contributed by atoms with Crippen molar-refractivity contribution in [1.82, 2.24) is 10.6 Å². The average molecular weight is 252 g/mol. The number of rotatable bonds is 5. The molecule has 1 amide bonds. The van der Waals surface area contributed by atoms with Crippen LogP contribution in [0.2, 0.25) is 0 Å². The van der Waals surface area contributed by atoms with E-state index in [1.807, 2.05) is 0 Å². The fourth-order valence-electron chi connectivity index (χ4n) is 1.93. The summed E-state index contributed by atoms with van der Waals surface area (Å²) in [5.74, 6) is -0.184. The van der Waals surface area contributed by atoms with Gasteiger partial charge in [0.1, 0.15) is 6.61 Å². The van der Waals surface area contributed by atoms with Gasteiger partial charge < -0.3 is 15.4 Å². The molecule has 1 fully saturated rings. The average Bonchev–Trinajstić information content (AvgIpc) is 2.90. The largest absolute Gasteiger partial charge is 0.489 e. The lowest BCUT2D eigenvalue weighted by Crippen LogP contribution is -2.41. The minimum Gasteiger partial charge on any atom is -0.489 e. The van der Waals surface area contributed by atoms with Crippen LogP contribution in [0.5, 0.6) is 5.75 Å². The van der Waals surface area contributed by atoms with Gasteiger partial charge in [-0.3, -0.25) is 4.79 Å². The van der Waals surface area contributed by atoms with Crippen LogP contribution < -0.4 is 15.4 Å². The molecule has 1 heterocycles. The van der Waals surface area contributed by atoms with Crippen molar-refractivity contribution in [2.75, 3.05) is 19.7 Å². The van der Waals surface area contributed by atoms with Gasteiger partial charge in [-0.1, -0.05) is 12.1 Å². The number of nitrogens with one attached hydrogen (secondary N) is 2. The molecule has 18 heavy (non-hydrogen) atoms. The van der Waals surface area contributed by atoms with E-state index in [-0.39, 0.29) is 30.1 Å². The highest BCUT2D eigenvalue weighted by Crippen LogP contribution is 2.14. The lowest BCUT2D eigenvalue weighted by Gasteiger charge is -2.11. The van der Waals surface area contributed by atoms with Crippen molar-refractivity contribution >= 4 is 5.91 Å². The summed E-state index contributed by atoms with van der Waals surface area (Å²) in [5, 5.41) is 5.88. The summed E-state index contributed by atoms with van der Waals surface area (Å²) in [7, 11) is 0. The molecule has 1 aromatic rings. The number of carbonyl (C=O) groups is 1. The third-order valence-electron chi connectivity index (χ3n) is 2.87. The number of carbonyl (C=O) groups excluding carboxylic acids is 1. The Morgan fingerprint density at radius 1 is 1.50 bits per heavy atom. The SMILES string of the molecule is O=C(NCCOc1ccccc1F)[C@@H]1CCCN1. The highest BCUT2D eigenvalue weighted by molar-refractivity contribution is 5.81. The number of para-hydroxylation sites is 1. The molecule has 98 valence electrons. The topological polar surface area (TPSA) is 50.4 Å². The van der Waals surface area contributed by atoms with Crippen LogP contribution in [0.3, 0.4) is 0 Å². The van der Waals surface area contributed by atoms with E-state index >= 15 is 0 Å². The summed E-state index contributed by atoms with van der Waals surface area (Å²) in [6.45, 7) is 1.54. The molecule has 0 spiro atoms. The van der Waals surface area contributed by atoms with E-state index in [0.717, 1.165) is 19.4 Å². The first-order valence-corrected chi connectivity index (χ1v) is 6.16. The Labute approximate surface area is 106 Å². The monoisotopic (exact) mass is 252 g/mol. The van der Waals surface area contributed by atoms with E-state index in [4.69, 9.17) is 4.74 Å². The normalized spacial score (nSPS) is 18.6. The summed E-state index contributed by atoms with van der Waals surface area (Å²) in [6.07, 6.45) is 1.91. The third kappa shape index (κ3) is 3.43. The van der Waals surface area contributed by atoms with Crippen LogP contribution in [-0.2, 0) is 4.79 Å². The third-order valence-corrected chi connectivity index (χ3v) is 2.87. The molecule has 0 radical (unpaired) electrons. The fourth-order valence-corrected chi connectivity index (χ4v) is 1.93. The zero-order valence-corrected chi connectivity index (χ0v) is 10.1. The van der Waals surface area contributed by atoms with Crippen molar-refractivity contribution < 1.29 is 13.9 Å². The summed E-state index contributed by atoms with van der Waals surface area (Å²) in [4.78, 5) is 11.6. The molecule has 0 unspecified atom stereocenters. The second-order valence-electron chi connectivity index (χ2n) is 4.22. The summed E-state index contributed by atoms with van der Waals surface area (Å²) < 4.78 is 18.4. The smallest absolute Gasteiger partial charge is 0.237 e. The Kier molecular flexibility index (Phi) is 4.52. The first-order valence-electron chi connectivity index (χ1n) is 6.16. The molecule has 0 bridgehead atoms. The van der Waals surface area contributed by atoms with Crippen LogP contribution in [0.15, 0.2) is 24.3 Å². The zero-order valence-electron chi connectivity index (χ0n) is 10.1. The number of benzene rings is 1. The molecule has 1 saturated heterocycles. The molecular weight excluding hydrogens is 235 g/mol. The highest BCUT2D eigenvalue weighted by atomic mass is 19.1. The summed E-state index contributed by atoms with van der Waals surface area (Å²) in [5.41, 5.74) is 0. The molecule has 1 aliphatic rings. The van der Waals surface area contributed by atoms with Crippen LogP contribution in [0.25, 0.3) is 0 Å². The second-order valence-corrected chi connectivity index (χ2v) is 4.22. The highest BCUT2D eigenvalue weighted by Gasteiger charge is 2.21. The van der Waals surface area contributed by atoms with Gasteiger partial charge in [-0.15, -0.1) is 0 Å². The Hall–Kier alpha value is -1.62. The molecule has 2 N–H and O–H groups in total. The van der Waals surface area contributed by atoms with Gasteiger partial charge in [-0.25, -0.2) is 4.39 Å². The van der Waals surface area contributed by atoms with E-state index in [1.165, 1.54) is 6.07 Å². The molecule has 1 atom stereocenters. The quantitative estimate of drug-likeness (QED) is 0.771. The molecule has 5 heteroatoms. The van der Waals surface area contributed by atoms with Crippen LogP contribution in [-0.4, -0.2) is 31.6 Å². The Morgan fingerprint density at radius 2 is 2.33 bits per heavy atom. The molecule has 0 aromatic heterocycles. The van der Waals surface area contributed by atoms with Gasteiger partial charge in [0.15, 0.2) is 11.6 Å². The molecular formula is C13H17FN2O2. The van der Waals surface area contributed by atoms with Gasteiger partial charge in [-0.2, -0.15) is 0 Å². The number of halogens is 1. The molecule has 0 aliphatic carbocycles. The maximum absolute atomic E-state index is 13.2. The van der Waals surface area contributed by atoms with E-state index in [2.05, 4.69) is 10.6 Å². The van der Waals surface area contributed by atoms with Crippen molar-refractivity contribution in [3.05, 3.63) is 30.1 Å². The van der Waals surface area contributed by atoms with Crippen molar-refractivity contribution in [3.8, 4) is 5.75 Å². The van der Waals surface area contributed by atoms with Crippen LogP contribution >= 0.6 is 0 Å². The summed E-state index contributed by atoms with van der Waals surface area (Å²) in [6, 6.07) is 6.14. The minimum absolute atomic E-state index is 0.00960. The zero-order chi connectivity index (χ0) is 12.8. The van der Waals surface area contributed by atoms with E-state index in [9.17, 15) is 9.18 Å². The first kappa shape index (κ1) is 12.8. The van der Waals surface area contributed by atoms with Crippen molar-refractivity contribution in [2.24, 2.45) is 0 Å². The molecule has 1 aromatic carbocycles. The van der Waals surface area contributed by atoms with E-state index < -0.39 is 0 Å². The number of ether oxygens (including phenoxy) is 1. The Balaban J connectivity index is 1.67. The maximum atomic E-state index is 13.2. The lowest BCUT2D eigenvalue weighted by atomic mass is 10.2. The van der Waals surface area contributed by atoms with Crippen LogP contribution in [0, 0.1) is 5.82 Å². The van der Waals surface area contributed by atoms with Crippen molar-refractivity contribution in [1.29, 1.82) is 0 Å². The fraction of sp³-hybridized carbons (Fsp3) is 0.462. The molecule has 0 saturated carbocycles. The van der Waals surface area contributed by atoms with Gasteiger partial charge in [0.2, 0.25) is 5.91 Å². The standard InChI is InChI=1S/C13H17FN2O2/c14-10-4-1-2-6-12(10)18-9-8-16-13(17)11-5-3-7-15-11/h1-2,4,6,11,15H,3,5,7-9H2,(H,16,17)/t11-/m0/s1. The van der Waals surface area contributed by atoms with Crippen molar-refractivity contribution in [3.63, 3.8) is 0 Å². The van der Waals surface area contributed by atoms with Gasteiger partial charge in [-0.05, 0) is 31.5 Å². The van der Waals surface area contributed by atoms with E-state index in [0.29, 0.717) is 6.54 Å². The van der Waals surface area contributed by atoms with Gasteiger partial charge in [0.05, 0.1) is 12.6 Å². The number of hydrogen-bond donors (Lipinski definition) is 2. The number of hydrogen-bond acceptors (Lipinski definition) is 3. The minimum atomic E-state index is -0.388. The predicted molar refractivity (Wildman–Crippen MR) is 65.9 cm³/mol. The Morgan fingerprint density at radius 3 is 3.06 bits per heavy atom. The van der Waals surface area contributed by atoms with Gasteiger partial charge >= 0.3 is 0 Å². The van der Waals surface area contributed by atoms with Gasteiger partial charge in [0, 0.05) is 0 Å². The Bertz CT molecular complexity index is 406. The molecule has 1 aliphatic heterocycles. The van der Waals surface area contributed by atoms with E-state index in [1.54, 1.807) is 18.2 Å².